The van der Waals surface area contributed by atoms with E-state index < -0.39 is 0 Å². The molecular weight excluding hydrogens is 264 g/mol. The van der Waals surface area contributed by atoms with E-state index in [-0.39, 0.29) is 12.0 Å². The molecule has 0 spiro atoms. The van der Waals surface area contributed by atoms with Gasteiger partial charge in [-0.15, -0.1) is 0 Å². The van der Waals surface area contributed by atoms with Gasteiger partial charge in [0, 0.05) is 42.4 Å². The molecule has 1 fully saturated rings. The number of carbonyl (C=O) groups excluding carboxylic acids is 1. The number of amides is 1. The first kappa shape index (κ1) is 14.1. The molecule has 112 valence electrons. The topological polar surface area (TPSA) is 43.3 Å². The number of fused-ring (bicyclic) bond motifs is 1. The Balaban J connectivity index is 1.80. The number of aryl methyl sites for hydroxylation is 2. The van der Waals surface area contributed by atoms with Gasteiger partial charge in [-0.2, -0.15) is 0 Å². The smallest absolute Gasteiger partial charge is 0.251 e. The maximum absolute atomic E-state index is 12.3. The van der Waals surface area contributed by atoms with Gasteiger partial charge in [0.25, 0.3) is 5.91 Å². The molecule has 3 rings (SSSR count). The lowest BCUT2D eigenvalue weighted by Crippen LogP contribution is -2.31. The molecular formula is C17H22N2O2. The standard InChI is InChI=1S/C17H22N2O2/c1-11-12(2)19(3)16-7-6-13(9-15(11)16)17(20)18-10-14-5-4-8-21-14/h6-7,9,14H,4-5,8,10H2,1-3H3,(H,18,20). The molecule has 1 aromatic carbocycles. The molecule has 1 N–H and O–H groups in total. The first-order valence-electron chi connectivity index (χ1n) is 7.53. The fraction of sp³-hybridized carbons (Fsp3) is 0.471. The lowest BCUT2D eigenvalue weighted by molar-refractivity contribution is 0.0858. The van der Waals surface area contributed by atoms with Crippen molar-refractivity contribution >= 4 is 16.8 Å². The average molecular weight is 286 g/mol. The van der Waals surface area contributed by atoms with E-state index in [4.69, 9.17) is 4.74 Å². The SMILES string of the molecule is Cc1c(C)n(C)c2ccc(C(=O)NCC3CCCO3)cc12. The van der Waals surface area contributed by atoms with Crippen molar-refractivity contribution in [3.05, 3.63) is 35.0 Å². The zero-order valence-corrected chi connectivity index (χ0v) is 12.9. The third-order valence-electron chi connectivity index (χ3n) is 4.58. The van der Waals surface area contributed by atoms with Crippen LogP contribution < -0.4 is 5.32 Å². The van der Waals surface area contributed by atoms with Gasteiger partial charge in [-0.1, -0.05) is 0 Å². The van der Waals surface area contributed by atoms with Crippen molar-refractivity contribution < 1.29 is 9.53 Å². The van der Waals surface area contributed by atoms with Crippen LogP contribution in [0, 0.1) is 13.8 Å². The molecule has 4 heteroatoms. The van der Waals surface area contributed by atoms with Crippen LogP contribution in [0.3, 0.4) is 0 Å². The van der Waals surface area contributed by atoms with Gasteiger partial charge in [0.05, 0.1) is 6.10 Å². The van der Waals surface area contributed by atoms with E-state index in [0.29, 0.717) is 12.1 Å². The van der Waals surface area contributed by atoms with Gasteiger partial charge in [-0.25, -0.2) is 0 Å². The molecule has 0 saturated carbocycles. The van der Waals surface area contributed by atoms with Gasteiger partial charge in [-0.3, -0.25) is 4.79 Å². The highest BCUT2D eigenvalue weighted by Gasteiger charge is 2.17. The summed E-state index contributed by atoms with van der Waals surface area (Å²) < 4.78 is 7.69. The minimum atomic E-state index is -0.0201. The van der Waals surface area contributed by atoms with Crippen molar-refractivity contribution in [3.8, 4) is 0 Å². The van der Waals surface area contributed by atoms with Gasteiger partial charge in [0.2, 0.25) is 0 Å². The van der Waals surface area contributed by atoms with Crippen LogP contribution in [0.5, 0.6) is 0 Å². The van der Waals surface area contributed by atoms with E-state index in [1.165, 1.54) is 16.8 Å². The molecule has 2 aromatic rings. The zero-order chi connectivity index (χ0) is 15.0. The van der Waals surface area contributed by atoms with Crippen LogP contribution in [-0.4, -0.2) is 29.7 Å². The Morgan fingerprint density at radius 1 is 1.43 bits per heavy atom. The highest BCUT2D eigenvalue weighted by molar-refractivity contribution is 5.99. The summed E-state index contributed by atoms with van der Waals surface area (Å²) in [6, 6.07) is 5.91. The van der Waals surface area contributed by atoms with E-state index in [9.17, 15) is 4.79 Å². The third-order valence-corrected chi connectivity index (χ3v) is 4.58. The number of aromatic nitrogens is 1. The minimum Gasteiger partial charge on any atom is -0.376 e. The molecule has 1 atom stereocenters. The van der Waals surface area contributed by atoms with Crippen molar-refractivity contribution in [1.82, 2.24) is 9.88 Å². The van der Waals surface area contributed by atoms with Gasteiger partial charge >= 0.3 is 0 Å². The van der Waals surface area contributed by atoms with Crippen molar-refractivity contribution in [1.29, 1.82) is 0 Å². The molecule has 0 bridgehead atoms. The Bertz CT molecular complexity index is 682. The summed E-state index contributed by atoms with van der Waals surface area (Å²) in [6.07, 6.45) is 2.31. The number of benzene rings is 1. The highest BCUT2D eigenvalue weighted by atomic mass is 16.5. The van der Waals surface area contributed by atoms with Gasteiger partial charge < -0.3 is 14.6 Å². The fourth-order valence-electron chi connectivity index (χ4n) is 3.01. The summed E-state index contributed by atoms with van der Waals surface area (Å²) in [4.78, 5) is 12.3. The van der Waals surface area contributed by atoms with Crippen LogP contribution in [0.25, 0.3) is 10.9 Å². The number of hydrogen-bond acceptors (Lipinski definition) is 2. The number of carbonyl (C=O) groups is 1. The molecule has 1 saturated heterocycles. The van der Waals surface area contributed by atoms with Gasteiger partial charge in [-0.05, 0) is 50.5 Å². The second-order valence-electron chi connectivity index (χ2n) is 5.85. The lowest BCUT2D eigenvalue weighted by Gasteiger charge is -2.11. The zero-order valence-electron chi connectivity index (χ0n) is 12.9. The van der Waals surface area contributed by atoms with Gasteiger partial charge in [0.15, 0.2) is 0 Å². The molecule has 1 aliphatic heterocycles. The summed E-state index contributed by atoms with van der Waals surface area (Å²) in [5.74, 6) is -0.0201. The van der Waals surface area contributed by atoms with Crippen LogP contribution >= 0.6 is 0 Å². The van der Waals surface area contributed by atoms with Crippen molar-refractivity contribution in [2.24, 2.45) is 7.05 Å². The molecule has 0 radical (unpaired) electrons. The monoisotopic (exact) mass is 286 g/mol. The predicted octanol–water partition coefficient (Wildman–Crippen LogP) is 2.70. The van der Waals surface area contributed by atoms with Crippen molar-refractivity contribution in [2.75, 3.05) is 13.2 Å². The number of nitrogens with one attached hydrogen (secondary N) is 1. The van der Waals surface area contributed by atoms with Crippen LogP contribution in [0.1, 0.15) is 34.5 Å². The number of hydrogen-bond donors (Lipinski definition) is 1. The number of rotatable bonds is 3. The summed E-state index contributed by atoms with van der Waals surface area (Å²) in [5.41, 5.74) is 4.36. The Kier molecular flexibility index (Phi) is 3.72. The maximum Gasteiger partial charge on any atom is 0.251 e. The molecule has 0 aliphatic carbocycles. The molecule has 4 nitrogen and oxygen atoms in total. The first-order valence-corrected chi connectivity index (χ1v) is 7.53. The maximum atomic E-state index is 12.3. The molecule has 21 heavy (non-hydrogen) atoms. The van der Waals surface area contributed by atoms with Crippen LogP contribution in [0.15, 0.2) is 18.2 Å². The Morgan fingerprint density at radius 3 is 2.95 bits per heavy atom. The second-order valence-corrected chi connectivity index (χ2v) is 5.85. The molecule has 1 amide bonds. The molecule has 1 unspecified atom stereocenters. The van der Waals surface area contributed by atoms with E-state index in [2.05, 4.69) is 30.8 Å². The van der Waals surface area contributed by atoms with Crippen LogP contribution in [0.4, 0.5) is 0 Å². The van der Waals surface area contributed by atoms with Crippen LogP contribution in [-0.2, 0) is 11.8 Å². The molecule has 1 aromatic heterocycles. The van der Waals surface area contributed by atoms with Crippen molar-refractivity contribution in [3.63, 3.8) is 0 Å². The summed E-state index contributed by atoms with van der Waals surface area (Å²) in [5, 5.41) is 4.13. The molecule has 2 heterocycles. The Morgan fingerprint density at radius 2 is 2.24 bits per heavy atom. The summed E-state index contributed by atoms with van der Waals surface area (Å²) >= 11 is 0. The predicted molar refractivity (Wildman–Crippen MR) is 83.7 cm³/mol. The van der Waals surface area contributed by atoms with E-state index in [0.717, 1.165) is 24.8 Å². The quantitative estimate of drug-likeness (QED) is 0.942. The van der Waals surface area contributed by atoms with Crippen molar-refractivity contribution in [2.45, 2.75) is 32.8 Å². The highest BCUT2D eigenvalue weighted by Crippen LogP contribution is 2.25. The fourth-order valence-corrected chi connectivity index (χ4v) is 3.01. The largest absolute Gasteiger partial charge is 0.376 e. The third kappa shape index (κ3) is 2.56. The van der Waals surface area contributed by atoms with Crippen LogP contribution in [0.2, 0.25) is 0 Å². The first-order chi connectivity index (χ1) is 10.1. The Labute approximate surface area is 125 Å². The van der Waals surface area contributed by atoms with Gasteiger partial charge in [0.1, 0.15) is 0 Å². The normalized spacial score (nSPS) is 18.3. The number of nitrogens with zero attached hydrogens (tertiary/aromatic N) is 1. The number of ether oxygens (including phenoxy) is 1. The average Bonchev–Trinajstić information content (AvgIpc) is 3.09. The Hall–Kier alpha value is -1.81. The van der Waals surface area contributed by atoms with E-state index in [1.807, 2.05) is 18.2 Å². The second kappa shape index (κ2) is 5.53. The summed E-state index contributed by atoms with van der Waals surface area (Å²) in [6.45, 7) is 5.62. The minimum absolute atomic E-state index is 0.0201. The van der Waals surface area contributed by atoms with E-state index >= 15 is 0 Å². The molecule has 1 aliphatic rings. The summed E-state index contributed by atoms with van der Waals surface area (Å²) in [7, 11) is 2.06. The lowest BCUT2D eigenvalue weighted by atomic mass is 10.1. The van der Waals surface area contributed by atoms with E-state index in [1.54, 1.807) is 0 Å².